The molecule has 0 aromatic heterocycles. The fourth-order valence-electron chi connectivity index (χ4n) is 6.72. The Hall–Kier alpha value is -1.12. The molecule has 2 saturated heterocycles. The van der Waals surface area contributed by atoms with Crippen molar-refractivity contribution >= 4 is 23.0 Å². The molecule has 1 saturated carbocycles. The Labute approximate surface area is 214 Å². The summed E-state index contributed by atoms with van der Waals surface area (Å²) in [5.41, 5.74) is 1.61. The molecule has 3 heterocycles. The van der Waals surface area contributed by atoms with Crippen LogP contribution < -0.4 is 9.80 Å². The van der Waals surface area contributed by atoms with Crippen molar-refractivity contribution in [1.82, 2.24) is 9.80 Å². The first-order valence-electron chi connectivity index (χ1n) is 13.7. The van der Waals surface area contributed by atoms with Crippen LogP contribution in [0.3, 0.4) is 0 Å². The van der Waals surface area contributed by atoms with Crippen LogP contribution in [-0.2, 0) is 4.74 Å². The summed E-state index contributed by atoms with van der Waals surface area (Å²) in [6.07, 6.45) is 6.49. The lowest BCUT2D eigenvalue weighted by molar-refractivity contribution is 0.0376. The summed E-state index contributed by atoms with van der Waals surface area (Å²) < 4.78 is 20.0. The minimum atomic E-state index is -0.790. The van der Waals surface area contributed by atoms with Crippen molar-refractivity contribution in [3.05, 3.63) is 23.0 Å². The van der Waals surface area contributed by atoms with Crippen LogP contribution in [0.25, 0.3) is 0 Å². The maximum atomic E-state index is 14.5. The zero-order chi connectivity index (χ0) is 24.5. The van der Waals surface area contributed by atoms with Crippen LogP contribution in [0.15, 0.2) is 12.1 Å². The number of rotatable bonds is 6. The maximum Gasteiger partial charge on any atom is 0.208 e. The smallest absolute Gasteiger partial charge is 0.208 e. The summed E-state index contributed by atoms with van der Waals surface area (Å²) in [5, 5.41) is 11.6. The van der Waals surface area contributed by atoms with Crippen molar-refractivity contribution in [2.75, 3.05) is 62.3 Å². The number of hydrogen-bond donors (Lipinski definition) is 1. The van der Waals surface area contributed by atoms with E-state index in [1.54, 1.807) is 6.07 Å². The third kappa shape index (κ3) is 5.45. The summed E-state index contributed by atoms with van der Waals surface area (Å²) in [4.78, 5) is 9.09. The second kappa shape index (κ2) is 11.1. The number of nitrogens with zero attached hydrogens (tertiary/aromatic N) is 4. The number of morpholine rings is 1. The van der Waals surface area contributed by atoms with E-state index >= 15 is 0 Å². The van der Waals surface area contributed by atoms with Gasteiger partial charge in [-0.3, -0.25) is 4.90 Å². The number of piperidine rings is 1. The van der Waals surface area contributed by atoms with Gasteiger partial charge in [-0.15, -0.1) is 0 Å². The fourth-order valence-corrected chi connectivity index (χ4v) is 6.88. The number of fused-ring (bicyclic) bond motifs is 1. The lowest BCUT2D eigenvalue weighted by Gasteiger charge is -2.44. The number of anilines is 2. The van der Waals surface area contributed by atoms with Gasteiger partial charge in [-0.2, -0.15) is 0 Å². The Bertz CT molecular complexity index is 852. The monoisotopic (exact) mass is 508 g/mol. The second-order valence-electron chi connectivity index (χ2n) is 11.2. The molecule has 1 unspecified atom stereocenters. The van der Waals surface area contributed by atoms with E-state index in [9.17, 15) is 9.50 Å². The predicted octanol–water partition coefficient (Wildman–Crippen LogP) is 4.39. The molecule has 1 aromatic rings. The van der Waals surface area contributed by atoms with E-state index in [2.05, 4.69) is 28.5 Å². The minimum Gasteiger partial charge on any atom is -0.379 e. The highest BCUT2D eigenvalue weighted by molar-refractivity contribution is 6.31. The standard InChI is InChI=1S/C27H42ClFN4O2/c1-19(2)20-3-5-21(6-4-20)31-9-7-22(8-10-31)33-26-18-24(29)23(28)17-25(26)32(27(33)34)12-11-30-13-15-35-16-14-30/h17-22,27,34H,3-16H2,1-2H3/t20-,21+,27?. The third-order valence-electron chi connectivity index (χ3n) is 8.99. The molecule has 0 spiro atoms. The zero-order valence-corrected chi connectivity index (χ0v) is 22.1. The van der Waals surface area contributed by atoms with Crippen LogP contribution in [0.2, 0.25) is 5.02 Å². The third-order valence-corrected chi connectivity index (χ3v) is 9.28. The number of benzene rings is 1. The Kier molecular flexibility index (Phi) is 8.09. The first-order chi connectivity index (χ1) is 16.9. The highest BCUT2D eigenvalue weighted by Crippen LogP contribution is 2.44. The van der Waals surface area contributed by atoms with E-state index in [1.165, 1.54) is 31.7 Å². The van der Waals surface area contributed by atoms with Crippen LogP contribution in [0.1, 0.15) is 52.4 Å². The molecule has 1 N–H and O–H groups in total. The molecule has 5 rings (SSSR count). The van der Waals surface area contributed by atoms with Gasteiger partial charge in [-0.05, 0) is 56.4 Å². The van der Waals surface area contributed by atoms with Crippen LogP contribution >= 0.6 is 11.6 Å². The Balaban J connectivity index is 1.24. The molecule has 4 aliphatic rings. The first kappa shape index (κ1) is 25.5. The molecule has 0 amide bonds. The average molecular weight is 509 g/mol. The van der Waals surface area contributed by atoms with E-state index in [-0.39, 0.29) is 11.1 Å². The summed E-state index contributed by atoms with van der Waals surface area (Å²) in [6, 6.07) is 4.11. The summed E-state index contributed by atoms with van der Waals surface area (Å²) in [7, 11) is 0. The van der Waals surface area contributed by atoms with Gasteiger partial charge in [0.15, 0.2) is 0 Å². The number of aliphatic hydroxyl groups is 1. The van der Waals surface area contributed by atoms with Crippen LogP contribution in [0, 0.1) is 17.7 Å². The second-order valence-corrected chi connectivity index (χ2v) is 11.6. The number of likely N-dealkylation sites (tertiary alicyclic amines) is 1. The molecule has 1 aromatic carbocycles. The number of hydrogen-bond acceptors (Lipinski definition) is 6. The van der Waals surface area contributed by atoms with E-state index in [0.29, 0.717) is 12.6 Å². The molecule has 3 fully saturated rings. The quantitative estimate of drug-likeness (QED) is 0.614. The van der Waals surface area contributed by atoms with Crippen molar-refractivity contribution in [3.63, 3.8) is 0 Å². The summed E-state index contributed by atoms with van der Waals surface area (Å²) in [5.74, 6) is 1.25. The Morgan fingerprint density at radius 1 is 0.943 bits per heavy atom. The van der Waals surface area contributed by atoms with Crippen molar-refractivity contribution < 1.29 is 14.2 Å². The number of aliphatic hydroxyl groups excluding tert-OH is 1. The minimum absolute atomic E-state index is 0.112. The molecule has 8 heteroatoms. The predicted molar refractivity (Wildman–Crippen MR) is 140 cm³/mol. The largest absolute Gasteiger partial charge is 0.379 e. The van der Waals surface area contributed by atoms with Gasteiger partial charge >= 0.3 is 0 Å². The molecular formula is C27H42ClFN4O2. The van der Waals surface area contributed by atoms with E-state index in [1.807, 2.05) is 4.90 Å². The van der Waals surface area contributed by atoms with Gasteiger partial charge in [0.1, 0.15) is 5.82 Å². The van der Waals surface area contributed by atoms with E-state index in [0.717, 1.165) is 82.0 Å². The molecule has 0 radical (unpaired) electrons. The topological polar surface area (TPSA) is 42.4 Å². The van der Waals surface area contributed by atoms with E-state index < -0.39 is 12.2 Å². The maximum absolute atomic E-state index is 14.5. The molecule has 196 valence electrons. The Morgan fingerprint density at radius 2 is 1.63 bits per heavy atom. The van der Waals surface area contributed by atoms with E-state index in [4.69, 9.17) is 16.3 Å². The van der Waals surface area contributed by atoms with Crippen molar-refractivity contribution in [2.45, 2.75) is 70.8 Å². The highest BCUT2D eigenvalue weighted by Gasteiger charge is 2.41. The van der Waals surface area contributed by atoms with Gasteiger partial charge in [-0.1, -0.05) is 25.4 Å². The van der Waals surface area contributed by atoms with Gasteiger partial charge in [-0.25, -0.2) is 4.39 Å². The Morgan fingerprint density at radius 3 is 2.29 bits per heavy atom. The lowest BCUT2D eigenvalue weighted by atomic mass is 9.79. The average Bonchev–Trinajstić information content (AvgIpc) is 3.13. The van der Waals surface area contributed by atoms with Gasteiger partial charge in [0, 0.05) is 57.4 Å². The molecule has 35 heavy (non-hydrogen) atoms. The number of ether oxygens (including phenoxy) is 1. The first-order valence-corrected chi connectivity index (χ1v) is 14.1. The van der Waals surface area contributed by atoms with Crippen molar-refractivity contribution in [2.24, 2.45) is 11.8 Å². The lowest BCUT2D eigenvalue weighted by Crippen LogP contribution is -2.54. The van der Waals surface area contributed by atoms with Crippen molar-refractivity contribution in [3.8, 4) is 0 Å². The zero-order valence-electron chi connectivity index (χ0n) is 21.3. The fraction of sp³-hybridized carbons (Fsp3) is 0.778. The summed E-state index contributed by atoms with van der Waals surface area (Å²) >= 11 is 6.19. The summed E-state index contributed by atoms with van der Waals surface area (Å²) in [6.45, 7) is 11.6. The molecular weight excluding hydrogens is 467 g/mol. The highest BCUT2D eigenvalue weighted by atomic mass is 35.5. The van der Waals surface area contributed by atoms with Crippen molar-refractivity contribution in [1.29, 1.82) is 0 Å². The van der Waals surface area contributed by atoms with Gasteiger partial charge in [0.2, 0.25) is 6.35 Å². The normalized spacial score (nSPS) is 29.3. The molecule has 3 aliphatic heterocycles. The molecule has 1 aliphatic carbocycles. The SMILES string of the molecule is CC(C)[C@H]1CC[C@@H](N2CCC(N3c4cc(F)c(Cl)cc4N(CCN4CCOCC4)C3O)CC2)CC1. The van der Waals surface area contributed by atoms with Crippen LogP contribution in [0.4, 0.5) is 15.8 Å². The van der Waals surface area contributed by atoms with Crippen LogP contribution in [0.5, 0.6) is 0 Å². The van der Waals surface area contributed by atoms with Gasteiger partial charge < -0.3 is 24.5 Å². The van der Waals surface area contributed by atoms with Crippen LogP contribution in [-0.4, -0.2) is 85.8 Å². The van der Waals surface area contributed by atoms with Gasteiger partial charge in [0.05, 0.1) is 29.6 Å². The molecule has 6 nitrogen and oxygen atoms in total. The molecule has 0 bridgehead atoms. The number of halogens is 2. The van der Waals surface area contributed by atoms with Gasteiger partial charge in [0.25, 0.3) is 0 Å². The molecule has 1 atom stereocenters.